The SMILES string of the molecule is CC1(COCCF)COCC(COc2ccc(Br)cc2)O1. The lowest BCUT2D eigenvalue weighted by atomic mass is 10.1. The van der Waals surface area contributed by atoms with Crippen molar-refractivity contribution in [3.05, 3.63) is 28.7 Å². The maximum absolute atomic E-state index is 12.1. The molecule has 4 nitrogen and oxygen atoms in total. The second-order valence-corrected chi connectivity index (χ2v) is 6.13. The van der Waals surface area contributed by atoms with Crippen LogP contribution in [-0.4, -0.2) is 51.4 Å². The normalized spacial score (nSPS) is 25.8. The highest BCUT2D eigenvalue weighted by molar-refractivity contribution is 9.10. The first-order valence-electron chi connectivity index (χ1n) is 6.89. The minimum atomic E-state index is -0.554. The van der Waals surface area contributed by atoms with Crippen LogP contribution in [0.15, 0.2) is 28.7 Å². The number of hydrogen-bond acceptors (Lipinski definition) is 4. The Bertz CT molecular complexity index is 428. The van der Waals surface area contributed by atoms with Gasteiger partial charge in [0, 0.05) is 4.47 Å². The molecule has 0 saturated carbocycles. The van der Waals surface area contributed by atoms with Crippen LogP contribution in [0.4, 0.5) is 4.39 Å². The van der Waals surface area contributed by atoms with Gasteiger partial charge in [-0.15, -0.1) is 0 Å². The number of halogens is 2. The van der Waals surface area contributed by atoms with Crippen molar-refractivity contribution in [3.8, 4) is 5.75 Å². The molecule has 1 aliphatic rings. The zero-order chi connectivity index (χ0) is 15.1. The molecule has 118 valence electrons. The molecule has 2 rings (SSSR count). The van der Waals surface area contributed by atoms with Crippen molar-refractivity contribution in [2.24, 2.45) is 0 Å². The highest BCUT2D eigenvalue weighted by Crippen LogP contribution is 2.22. The predicted octanol–water partition coefficient (Wildman–Crippen LogP) is 2.99. The molecule has 1 fully saturated rings. The van der Waals surface area contributed by atoms with E-state index in [1.54, 1.807) is 0 Å². The Labute approximate surface area is 132 Å². The summed E-state index contributed by atoms with van der Waals surface area (Å²) in [6, 6.07) is 7.61. The van der Waals surface area contributed by atoms with Crippen molar-refractivity contribution in [1.29, 1.82) is 0 Å². The summed E-state index contributed by atoms with van der Waals surface area (Å²) in [5, 5.41) is 0. The average Bonchev–Trinajstić information content (AvgIpc) is 2.47. The van der Waals surface area contributed by atoms with E-state index in [2.05, 4.69) is 15.9 Å². The summed E-state index contributed by atoms with van der Waals surface area (Å²) >= 11 is 3.38. The maximum Gasteiger partial charge on any atom is 0.119 e. The van der Waals surface area contributed by atoms with Gasteiger partial charge in [0.05, 0.1) is 26.4 Å². The Morgan fingerprint density at radius 2 is 2.14 bits per heavy atom. The van der Waals surface area contributed by atoms with E-state index in [1.165, 1.54) is 0 Å². The van der Waals surface area contributed by atoms with Crippen LogP contribution >= 0.6 is 15.9 Å². The van der Waals surface area contributed by atoms with Crippen molar-refractivity contribution in [2.45, 2.75) is 18.6 Å². The van der Waals surface area contributed by atoms with E-state index in [0.717, 1.165) is 10.2 Å². The van der Waals surface area contributed by atoms with Gasteiger partial charge in [0.25, 0.3) is 0 Å². The monoisotopic (exact) mass is 362 g/mol. The van der Waals surface area contributed by atoms with E-state index in [4.69, 9.17) is 18.9 Å². The number of benzene rings is 1. The first-order chi connectivity index (χ1) is 10.1. The first kappa shape index (κ1) is 16.7. The third-order valence-electron chi connectivity index (χ3n) is 3.04. The third-order valence-corrected chi connectivity index (χ3v) is 3.57. The second kappa shape index (κ2) is 8.08. The van der Waals surface area contributed by atoms with E-state index in [0.29, 0.717) is 26.4 Å². The molecule has 1 aromatic carbocycles. The second-order valence-electron chi connectivity index (χ2n) is 5.21. The van der Waals surface area contributed by atoms with Crippen LogP contribution in [0.2, 0.25) is 0 Å². The largest absolute Gasteiger partial charge is 0.491 e. The molecule has 0 bridgehead atoms. The van der Waals surface area contributed by atoms with Gasteiger partial charge in [-0.1, -0.05) is 15.9 Å². The minimum Gasteiger partial charge on any atom is -0.491 e. The van der Waals surface area contributed by atoms with Crippen molar-refractivity contribution in [3.63, 3.8) is 0 Å². The Balaban J connectivity index is 1.79. The Morgan fingerprint density at radius 3 is 2.86 bits per heavy atom. The molecule has 2 atom stereocenters. The minimum absolute atomic E-state index is 0.0824. The molecule has 21 heavy (non-hydrogen) atoms. The molecule has 0 amide bonds. The maximum atomic E-state index is 12.1. The zero-order valence-electron chi connectivity index (χ0n) is 12.0. The van der Waals surface area contributed by atoms with Gasteiger partial charge >= 0.3 is 0 Å². The number of ether oxygens (including phenoxy) is 4. The summed E-state index contributed by atoms with van der Waals surface area (Å²) in [4.78, 5) is 0. The first-order valence-corrected chi connectivity index (χ1v) is 7.68. The lowest BCUT2D eigenvalue weighted by Gasteiger charge is -2.38. The summed E-state index contributed by atoms with van der Waals surface area (Å²) in [6.45, 7) is 3.12. The van der Waals surface area contributed by atoms with Gasteiger partial charge in [0.1, 0.15) is 30.7 Å². The molecule has 0 aliphatic carbocycles. The van der Waals surface area contributed by atoms with Gasteiger partial charge in [-0.25, -0.2) is 4.39 Å². The smallest absolute Gasteiger partial charge is 0.119 e. The van der Waals surface area contributed by atoms with Crippen molar-refractivity contribution >= 4 is 15.9 Å². The number of hydrogen-bond donors (Lipinski definition) is 0. The summed E-state index contributed by atoms with van der Waals surface area (Å²) in [5.74, 6) is 0.780. The van der Waals surface area contributed by atoms with Gasteiger partial charge in [-0.3, -0.25) is 0 Å². The quantitative estimate of drug-likeness (QED) is 0.698. The molecule has 1 aromatic rings. The van der Waals surface area contributed by atoms with Crippen molar-refractivity contribution in [2.75, 3.05) is 39.7 Å². The van der Waals surface area contributed by atoms with Crippen LogP contribution in [-0.2, 0) is 14.2 Å². The number of rotatable bonds is 7. The highest BCUT2D eigenvalue weighted by Gasteiger charge is 2.34. The number of alkyl halides is 1. The Kier molecular flexibility index (Phi) is 6.41. The van der Waals surface area contributed by atoms with Gasteiger partial charge in [-0.2, -0.15) is 0 Å². The summed E-state index contributed by atoms with van der Waals surface area (Å²) < 4.78 is 35.5. The van der Waals surface area contributed by atoms with Crippen LogP contribution in [0.3, 0.4) is 0 Å². The molecule has 0 radical (unpaired) electrons. The highest BCUT2D eigenvalue weighted by atomic mass is 79.9. The van der Waals surface area contributed by atoms with Gasteiger partial charge in [0.2, 0.25) is 0 Å². The lowest BCUT2D eigenvalue weighted by molar-refractivity contribution is -0.216. The fourth-order valence-corrected chi connectivity index (χ4v) is 2.36. The van der Waals surface area contributed by atoms with Crippen LogP contribution in [0.5, 0.6) is 5.75 Å². The summed E-state index contributed by atoms with van der Waals surface area (Å²) in [5.41, 5.74) is -0.554. The molecule has 0 spiro atoms. The fraction of sp³-hybridized carbons (Fsp3) is 0.600. The van der Waals surface area contributed by atoms with E-state index >= 15 is 0 Å². The zero-order valence-corrected chi connectivity index (χ0v) is 13.6. The lowest BCUT2D eigenvalue weighted by Crippen LogP contribution is -2.50. The standard InChI is InChI=1S/C15H20BrFO4/c1-15(10-18-7-6-17)11-19-8-14(21-15)9-20-13-4-2-12(16)3-5-13/h2-5,14H,6-11H2,1H3. The molecule has 1 aliphatic heterocycles. The molecule has 2 unspecified atom stereocenters. The Hall–Kier alpha value is -0.690. The fourth-order valence-electron chi connectivity index (χ4n) is 2.10. The van der Waals surface area contributed by atoms with E-state index in [1.807, 2.05) is 31.2 Å². The van der Waals surface area contributed by atoms with E-state index < -0.39 is 12.3 Å². The summed E-state index contributed by atoms with van der Waals surface area (Å²) in [6.07, 6.45) is -0.165. The average molecular weight is 363 g/mol. The topological polar surface area (TPSA) is 36.9 Å². The van der Waals surface area contributed by atoms with Crippen LogP contribution < -0.4 is 4.74 Å². The molecule has 6 heteroatoms. The van der Waals surface area contributed by atoms with Crippen molar-refractivity contribution in [1.82, 2.24) is 0 Å². The third kappa shape index (κ3) is 5.54. The van der Waals surface area contributed by atoms with Gasteiger partial charge in [-0.05, 0) is 31.2 Å². The van der Waals surface area contributed by atoms with Crippen LogP contribution in [0, 0.1) is 0 Å². The van der Waals surface area contributed by atoms with E-state index in [-0.39, 0.29) is 12.7 Å². The molecular weight excluding hydrogens is 343 g/mol. The summed E-state index contributed by atoms with van der Waals surface area (Å²) in [7, 11) is 0. The molecular formula is C15H20BrFO4. The van der Waals surface area contributed by atoms with Gasteiger partial charge in [0.15, 0.2) is 0 Å². The Morgan fingerprint density at radius 1 is 1.38 bits per heavy atom. The molecule has 1 saturated heterocycles. The van der Waals surface area contributed by atoms with Crippen LogP contribution in [0.25, 0.3) is 0 Å². The van der Waals surface area contributed by atoms with E-state index in [9.17, 15) is 4.39 Å². The van der Waals surface area contributed by atoms with Crippen molar-refractivity contribution < 1.29 is 23.3 Å². The molecule has 0 N–H and O–H groups in total. The molecule has 0 aromatic heterocycles. The predicted molar refractivity (Wildman–Crippen MR) is 80.5 cm³/mol. The van der Waals surface area contributed by atoms with Gasteiger partial charge < -0.3 is 18.9 Å². The van der Waals surface area contributed by atoms with Crippen LogP contribution in [0.1, 0.15) is 6.92 Å². The molecule has 1 heterocycles.